The summed E-state index contributed by atoms with van der Waals surface area (Å²) in [5.74, 6) is -0.0236. The molecule has 4 aromatic rings. The van der Waals surface area contributed by atoms with Crippen LogP contribution in [0.4, 0.5) is 11.4 Å². The Kier molecular flexibility index (Phi) is 6.00. The molecule has 2 N–H and O–H groups in total. The van der Waals surface area contributed by atoms with E-state index >= 15 is 0 Å². The molecule has 0 atom stereocenters. The van der Waals surface area contributed by atoms with Gasteiger partial charge in [0.05, 0.1) is 34.6 Å². The van der Waals surface area contributed by atoms with Crippen molar-refractivity contribution < 1.29 is 22.4 Å². The standard InChI is InChI=1S/C26H23N3O5S/c30-24(28-21-11-2-1-10-20(21)26(31)27-17-19-9-6-16-34-19)14-5-15-29-22-12-3-7-18-8-4-13-23(25(18)22)35(29,32)33/h1-4,6-13,16H,5,14-15,17H2,(H,27,31)(H,28,30). The number of hydrogen-bond acceptors (Lipinski definition) is 5. The molecule has 0 spiro atoms. The quantitative estimate of drug-likeness (QED) is 0.384. The summed E-state index contributed by atoms with van der Waals surface area (Å²) in [5, 5.41) is 7.12. The maximum absolute atomic E-state index is 13.1. The zero-order valence-corrected chi connectivity index (χ0v) is 19.5. The van der Waals surface area contributed by atoms with Crippen molar-refractivity contribution in [2.45, 2.75) is 24.3 Å². The van der Waals surface area contributed by atoms with Gasteiger partial charge in [-0.25, -0.2) is 8.42 Å². The van der Waals surface area contributed by atoms with E-state index in [2.05, 4.69) is 10.6 Å². The number of nitrogens with one attached hydrogen (secondary N) is 2. The smallest absolute Gasteiger partial charge is 0.265 e. The lowest BCUT2D eigenvalue weighted by Gasteiger charge is -2.18. The number of nitrogens with zero attached hydrogens (tertiary/aromatic N) is 1. The minimum Gasteiger partial charge on any atom is -0.467 e. The van der Waals surface area contributed by atoms with E-state index in [0.717, 1.165) is 5.39 Å². The van der Waals surface area contributed by atoms with Crippen LogP contribution in [0.15, 0.2) is 88.4 Å². The Hall–Kier alpha value is -4.11. The molecule has 0 saturated carbocycles. The molecular formula is C26H23N3O5S. The highest BCUT2D eigenvalue weighted by molar-refractivity contribution is 7.93. The van der Waals surface area contributed by atoms with Crippen LogP contribution < -0.4 is 14.9 Å². The third-order valence-corrected chi connectivity index (χ3v) is 7.75. The van der Waals surface area contributed by atoms with E-state index in [-0.39, 0.29) is 31.3 Å². The predicted octanol–water partition coefficient (Wildman–Crippen LogP) is 4.29. The molecule has 178 valence electrons. The third kappa shape index (κ3) is 4.38. The van der Waals surface area contributed by atoms with Crippen LogP contribution in [-0.2, 0) is 21.4 Å². The van der Waals surface area contributed by atoms with Crippen LogP contribution in [0.5, 0.6) is 0 Å². The molecular weight excluding hydrogens is 466 g/mol. The first-order valence-corrected chi connectivity index (χ1v) is 12.6. The molecule has 0 fully saturated rings. The highest BCUT2D eigenvalue weighted by Gasteiger charge is 2.35. The van der Waals surface area contributed by atoms with E-state index in [1.54, 1.807) is 54.6 Å². The number of benzene rings is 3. The fraction of sp³-hybridized carbons (Fsp3) is 0.154. The number of furan rings is 1. The van der Waals surface area contributed by atoms with Crippen molar-refractivity contribution in [1.29, 1.82) is 0 Å². The predicted molar refractivity (Wildman–Crippen MR) is 133 cm³/mol. The number of amides is 2. The van der Waals surface area contributed by atoms with E-state index in [0.29, 0.717) is 39.4 Å². The van der Waals surface area contributed by atoms with Gasteiger partial charge in [-0.1, -0.05) is 36.4 Å². The fourth-order valence-electron chi connectivity index (χ4n) is 4.26. The molecule has 8 nitrogen and oxygen atoms in total. The van der Waals surface area contributed by atoms with Crippen molar-refractivity contribution in [3.63, 3.8) is 0 Å². The number of rotatable bonds is 8. The van der Waals surface area contributed by atoms with Gasteiger partial charge in [-0.2, -0.15) is 0 Å². The van der Waals surface area contributed by atoms with Crippen LogP contribution in [0.2, 0.25) is 0 Å². The van der Waals surface area contributed by atoms with Gasteiger partial charge in [0, 0.05) is 18.4 Å². The summed E-state index contributed by atoms with van der Waals surface area (Å²) < 4.78 is 32.7. The van der Waals surface area contributed by atoms with Crippen LogP contribution in [0, 0.1) is 0 Å². The number of sulfonamides is 1. The Morgan fingerprint density at radius 3 is 2.51 bits per heavy atom. The molecule has 2 amide bonds. The van der Waals surface area contributed by atoms with Crippen molar-refractivity contribution in [3.05, 3.63) is 90.4 Å². The van der Waals surface area contributed by atoms with E-state index in [1.807, 2.05) is 18.2 Å². The summed E-state index contributed by atoms with van der Waals surface area (Å²) in [7, 11) is -3.66. The highest BCUT2D eigenvalue weighted by atomic mass is 32.2. The van der Waals surface area contributed by atoms with Crippen molar-refractivity contribution in [1.82, 2.24) is 5.32 Å². The Bertz CT molecular complexity index is 1510. The average Bonchev–Trinajstić information content (AvgIpc) is 3.45. The van der Waals surface area contributed by atoms with Crippen molar-refractivity contribution in [2.75, 3.05) is 16.2 Å². The lowest BCUT2D eigenvalue weighted by molar-refractivity contribution is -0.116. The van der Waals surface area contributed by atoms with Crippen molar-refractivity contribution >= 4 is 44.0 Å². The summed E-state index contributed by atoms with van der Waals surface area (Å²) in [4.78, 5) is 25.6. The molecule has 2 heterocycles. The zero-order chi connectivity index (χ0) is 24.4. The molecule has 5 rings (SSSR count). The molecule has 1 aliphatic rings. The molecule has 0 saturated heterocycles. The molecule has 1 aromatic heterocycles. The normalized spacial score (nSPS) is 13.7. The van der Waals surface area contributed by atoms with E-state index in [4.69, 9.17) is 4.42 Å². The van der Waals surface area contributed by atoms with Gasteiger partial charge in [0.25, 0.3) is 15.9 Å². The van der Waals surface area contributed by atoms with Gasteiger partial charge >= 0.3 is 0 Å². The Morgan fingerprint density at radius 1 is 0.914 bits per heavy atom. The Labute approximate surface area is 202 Å². The van der Waals surface area contributed by atoms with Crippen LogP contribution in [-0.4, -0.2) is 26.8 Å². The van der Waals surface area contributed by atoms with Gasteiger partial charge in [-0.3, -0.25) is 13.9 Å². The third-order valence-electron chi connectivity index (χ3n) is 5.90. The summed E-state index contributed by atoms with van der Waals surface area (Å²) in [6.45, 7) is 0.405. The number of carbonyl (C=O) groups is 2. The summed E-state index contributed by atoms with van der Waals surface area (Å²) in [6, 6.07) is 21.0. The molecule has 0 radical (unpaired) electrons. The van der Waals surface area contributed by atoms with Crippen LogP contribution in [0.3, 0.4) is 0 Å². The van der Waals surface area contributed by atoms with Crippen LogP contribution in [0.1, 0.15) is 29.0 Å². The van der Waals surface area contributed by atoms with Gasteiger partial charge in [0.15, 0.2) is 0 Å². The second kappa shape index (κ2) is 9.27. The molecule has 0 aliphatic carbocycles. The first kappa shape index (κ1) is 22.7. The summed E-state index contributed by atoms with van der Waals surface area (Å²) >= 11 is 0. The molecule has 0 bridgehead atoms. The Morgan fingerprint density at radius 2 is 1.71 bits per heavy atom. The number of anilines is 2. The Balaban J connectivity index is 1.22. The number of carbonyl (C=O) groups excluding carboxylic acids is 2. The first-order valence-electron chi connectivity index (χ1n) is 11.2. The molecule has 3 aromatic carbocycles. The molecule has 1 aliphatic heterocycles. The molecule has 0 unspecified atom stereocenters. The second-order valence-electron chi connectivity index (χ2n) is 8.17. The molecule has 35 heavy (non-hydrogen) atoms. The van der Waals surface area contributed by atoms with Crippen LogP contribution in [0.25, 0.3) is 10.8 Å². The average molecular weight is 490 g/mol. The SMILES string of the molecule is O=C(CCCN1c2cccc3cccc(c23)S1(=O)=O)Nc1ccccc1C(=O)NCc1ccco1. The monoisotopic (exact) mass is 489 g/mol. The molecule has 9 heteroatoms. The number of para-hydroxylation sites is 1. The lowest BCUT2D eigenvalue weighted by Crippen LogP contribution is -2.29. The maximum atomic E-state index is 13.1. The minimum absolute atomic E-state index is 0.0979. The van der Waals surface area contributed by atoms with E-state index in [1.165, 1.54) is 10.6 Å². The number of hydrogen-bond donors (Lipinski definition) is 2. The highest BCUT2D eigenvalue weighted by Crippen LogP contribution is 2.41. The van der Waals surface area contributed by atoms with Gasteiger partial charge < -0.3 is 15.1 Å². The topological polar surface area (TPSA) is 109 Å². The lowest BCUT2D eigenvalue weighted by atomic mass is 10.1. The van der Waals surface area contributed by atoms with Gasteiger partial charge in [-0.15, -0.1) is 0 Å². The maximum Gasteiger partial charge on any atom is 0.265 e. The van der Waals surface area contributed by atoms with Gasteiger partial charge in [0.2, 0.25) is 5.91 Å². The van der Waals surface area contributed by atoms with Crippen molar-refractivity contribution in [3.8, 4) is 0 Å². The van der Waals surface area contributed by atoms with Crippen LogP contribution >= 0.6 is 0 Å². The summed E-state index contributed by atoms with van der Waals surface area (Å²) in [6.07, 6.45) is 1.95. The summed E-state index contributed by atoms with van der Waals surface area (Å²) in [5.41, 5.74) is 1.36. The van der Waals surface area contributed by atoms with Gasteiger partial charge in [-0.05, 0) is 48.2 Å². The first-order chi connectivity index (χ1) is 16.9. The van der Waals surface area contributed by atoms with Crippen molar-refractivity contribution in [2.24, 2.45) is 0 Å². The zero-order valence-electron chi connectivity index (χ0n) is 18.7. The van der Waals surface area contributed by atoms with Gasteiger partial charge in [0.1, 0.15) is 5.76 Å². The van der Waals surface area contributed by atoms with E-state index < -0.39 is 10.0 Å². The second-order valence-corrected chi connectivity index (χ2v) is 10.00. The largest absolute Gasteiger partial charge is 0.467 e. The van der Waals surface area contributed by atoms with E-state index in [9.17, 15) is 18.0 Å². The fourth-order valence-corrected chi connectivity index (χ4v) is 6.01. The minimum atomic E-state index is -3.66.